The molecule has 32 heavy (non-hydrogen) atoms. The van der Waals surface area contributed by atoms with Crippen molar-refractivity contribution in [1.29, 1.82) is 0 Å². The number of hydrogen-bond donors (Lipinski definition) is 2. The molecule has 0 aromatic carbocycles. The second-order valence-corrected chi connectivity index (χ2v) is 9.79. The number of hydrogen-bond acceptors (Lipinski definition) is 4. The van der Waals surface area contributed by atoms with Crippen LogP contribution in [-0.4, -0.2) is 43.9 Å². The van der Waals surface area contributed by atoms with Crippen molar-refractivity contribution in [3.05, 3.63) is 0 Å². The fourth-order valence-electron chi connectivity index (χ4n) is 3.57. The summed E-state index contributed by atoms with van der Waals surface area (Å²) < 4.78 is 10.7. The van der Waals surface area contributed by atoms with Gasteiger partial charge in [-0.1, -0.05) is 78.1 Å². The molecule has 1 unspecified atom stereocenters. The molecule has 2 amide bonds. The highest BCUT2D eigenvalue weighted by atomic mass is 16.6. The van der Waals surface area contributed by atoms with E-state index in [0.29, 0.717) is 26.3 Å². The fourth-order valence-corrected chi connectivity index (χ4v) is 3.57. The Morgan fingerprint density at radius 2 is 1.28 bits per heavy atom. The fraction of sp³-hybridized carbons (Fsp3) is 0.923. The van der Waals surface area contributed by atoms with Crippen LogP contribution in [0.2, 0.25) is 0 Å². The SMILES string of the molecule is CCCCCCCCC(CCCCCC)C(=O)NCCCOCCNC(=O)OC(C)(C)C. The number of ether oxygens (including phenoxy) is 2. The van der Waals surface area contributed by atoms with E-state index in [1.54, 1.807) is 0 Å². The summed E-state index contributed by atoms with van der Waals surface area (Å²) in [6.45, 7) is 12.0. The zero-order valence-corrected chi connectivity index (χ0v) is 21.7. The maximum absolute atomic E-state index is 12.7. The Balaban J connectivity index is 3.96. The average molecular weight is 457 g/mol. The zero-order chi connectivity index (χ0) is 24.1. The van der Waals surface area contributed by atoms with Gasteiger partial charge in [0.15, 0.2) is 0 Å². The van der Waals surface area contributed by atoms with Crippen molar-refractivity contribution in [2.75, 3.05) is 26.3 Å². The number of amides is 2. The standard InChI is InChI=1S/C26H52N2O4/c1-6-8-10-12-13-15-18-23(17-14-11-9-7-2)24(29)27-19-16-21-31-22-20-28-25(30)32-26(3,4)5/h23H,6-22H2,1-5H3,(H,27,29)(H,28,30). The third-order valence-corrected chi connectivity index (χ3v) is 5.36. The molecule has 0 heterocycles. The summed E-state index contributed by atoms with van der Waals surface area (Å²) in [6, 6.07) is 0. The number of nitrogens with one attached hydrogen (secondary N) is 2. The van der Waals surface area contributed by atoms with Crippen LogP contribution in [0.4, 0.5) is 4.79 Å². The van der Waals surface area contributed by atoms with Crippen molar-refractivity contribution in [2.45, 2.75) is 124 Å². The van der Waals surface area contributed by atoms with Crippen molar-refractivity contribution < 1.29 is 19.1 Å². The van der Waals surface area contributed by atoms with E-state index in [0.717, 1.165) is 32.1 Å². The van der Waals surface area contributed by atoms with Gasteiger partial charge in [-0.15, -0.1) is 0 Å². The first kappa shape index (κ1) is 30.7. The van der Waals surface area contributed by atoms with Gasteiger partial charge in [0.25, 0.3) is 0 Å². The Labute approximate surface area is 198 Å². The van der Waals surface area contributed by atoms with Crippen LogP contribution in [0, 0.1) is 5.92 Å². The molecule has 0 aromatic rings. The van der Waals surface area contributed by atoms with Crippen LogP contribution in [0.5, 0.6) is 0 Å². The van der Waals surface area contributed by atoms with Crippen molar-refractivity contribution >= 4 is 12.0 Å². The van der Waals surface area contributed by atoms with Gasteiger partial charge in [-0.25, -0.2) is 4.79 Å². The zero-order valence-electron chi connectivity index (χ0n) is 21.7. The van der Waals surface area contributed by atoms with Gasteiger partial charge in [0, 0.05) is 25.6 Å². The first-order valence-corrected chi connectivity index (χ1v) is 13.1. The lowest BCUT2D eigenvalue weighted by Gasteiger charge is -2.19. The van der Waals surface area contributed by atoms with Crippen molar-refractivity contribution in [3.63, 3.8) is 0 Å². The summed E-state index contributed by atoms with van der Waals surface area (Å²) in [5.41, 5.74) is -0.494. The van der Waals surface area contributed by atoms with Crippen molar-refractivity contribution in [2.24, 2.45) is 5.92 Å². The van der Waals surface area contributed by atoms with Gasteiger partial charge in [0.1, 0.15) is 5.60 Å². The minimum Gasteiger partial charge on any atom is -0.444 e. The van der Waals surface area contributed by atoms with E-state index < -0.39 is 11.7 Å². The predicted molar refractivity (Wildman–Crippen MR) is 133 cm³/mol. The highest BCUT2D eigenvalue weighted by molar-refractivity contribution is 5.78. The highest BCUT2D eigenvalue weighted by Crippen LogP contribution is 2.19. The van der Waals surface area contributed by atoms with Gasteiger partial charge in [0.2, 0.25) is 5.91 Å². The third-order valence-electron chi connectivity index (χ3n) is 5.36. The Morgan fingerprint density at radius 1 is 0.719 bits per heavy atom. The first-order valence-electron chi connectivity index (χ1n) is 13.1. The molecule has 0 saturated carbocycles. The molecule has 0 aliphatic rings. The highest BCUT2D eigenvalue weighted by Gasteiger charge is 2.17. The third kappa shape index (κ3) is 20.6. The molecular weight excluding hydrogens is 404 g/mol. The molecule has 0 aromatic heterocycles. The van der Waals surface area contributed by atoms with Gasteiger partial charge < -0.3 is 20.1 Å². The second-order valence-electron chi connectivity index (χ2n) is 9.79. The number of carbonyl (C=O) groups excluding carboxylic acids is 2. The van der Waals surface area contributed by atoms with Gasteiger partial charge >= 0.3 is 6.09 Å². The largest absolute Gasteiger partial charge is 0.444 e. The molecule has 0 bridgehead atoms. The maximum Gasteiger partial charge on any atom is 0.407 e. The van der Waals surface area contributed by atoms with Gasteiger partial charge in [-0.2, -0.15) is 0 Å². The van der Waals surface area contributed by atoms with E-state index >= 15 is 0 Å². The van der Waals surface area contributed by atoms with Crippen LogP contribution in [0.1, 0.15) is 118 Å². The van der Waals surface area contributed by atoms with Crippen molar-refractivity contribution in [1.82, 2.24) is 10.6 Å². The molecule has 0 spiro atoms. The smallest absolute Gasteiger partial charge is 0.407 e. The van der Waals surface area contributed by atoms with Crippen LogP contribution in [0.15, 0.2) is 0 Å². The van der Waals surface area contributed by atoms with Gasteiger partial charge in [0.05, 0.1) is 6.61 Å². The molecule has 0 aliphatic carbocycles. The Morgan fingerprint density at radius 3 is 1.88 bits per heavy atom. The molecule has 0 rings (SSSR count). The molecular formula is C26H52N2O4. The minimum atomic E-state index is -0.494. The van der Waals surface area contributed by atoms with Gasteiger partial charge in [-0.3, -0.25) is 4.79 Å². The summed E-state index contributed by atoms with van der Waals surface area (Å²) in [5, 5.41) is 5.78. The molecule has 1 atom stereocenters. The number of rotatable bonds is 20. The molecule has 0 saturated heterocycles. The summed E-state index contributed by atoms with van der Waals surface area (Å²) in [7, 11) is 0. The Kier molecular flexibility index (Phi) is 19.5. The molecule has 0 aliphatic heterocycles. The van der Waals surface area contributed by atoms with E-state index in [9.17, 15) is 9.59 Å². The van der Waals surface area contributed by atoms with E-state index in [-0.39, 0.29) is 11.8 Å². The summed E-state index contributed by atoms with van der Waals surface area (Å²) in [4.78, 5) is 24.2. The lowest BCUT2D eigenvalue weighted by Crippen LogP contribution is -2.34. The summed E-state index contributed by atoms with van der Waals surface area (Å²) in [6.07, 6.45) is 14.8. The lowest BCUT2D eigenvalue weighted by molar-refractivity contribution is -0.125. The monoisotopic (exact) mass is 456 g/mol. The Bertz CT molecular complexity index is 463. The summed E-state index contributed by atoms with van der Waals surface area (Å²) >= 11 is 0. The van der Waals surface area contributed by atoms with Crippen LogP contribution >= 0.6 is 0 Å². The van der Waals surface area contributed by atoms with E-state index in [1.807, 2.05) is 20.8 Å². The van der Waals surface area contributed by atoms with E-state index in [2.05, 4.69) is 24.5 Å². The minimum absolute atomic E-state index is 0.150. The first-order chi connectivity index (χ1) is 15.3. The lowest BCUT2D eigenvalue weighted by atomic mass is 9.93. The second kappa shape index (κ2) is 20.3. The topological polar surface area (TPSA) is 76.7 Å². The molecule has 190 valence electrons. The normalized spacial score (nSPS) is 12.4. The summed E-state index contributed by atoms with van der Waals surface area (Å²) in [5.74, 6) is 0.360. The number of unbranched alkanes of at least 4 members (excludes halogenated alkanes) is 8. The molecule has 0 radical (unpaired) electrons. The quantitative estimate of drug-likeness (QED) is 0.209. The van der Waals surface area contributed by atoms with Gasteiger partial charge in [-0.05, 0) is 40.0 Å². The van der Waals surface area contributed by atoms with Crippen LogP contribution in [0.25, 0.3) is 0 Å². The Hall–Kier alpha value is -1.30. The van der Waals surface area contributed by atoms with Crippen LogP contribution in [0.3, 0.4) is 0 Å². The molecule has 6 nitrogen and oxygen atoms in total. The van der Waals surface area contributed by atoms with E-state index in [4.69, 9.17) is 9.47 Å². The van der Waals surface area contributed by atoms with Crippen LogP contribution < -0.4 is 10.6 Å². The van der Waals surface area contributed by atoms with Crippen LogP contribution in [-0.2, 0) is 14.3 Å². The van der Waals surface area contributed by atoms with Crippen molar-refractivity contribution in [3.8, 4) is 0 Å². The number of alkyl carbamates (subject to hydrolysis) is 1. The number of carbonyl (C=O) groups is 2. The average Bonchev–Trinajstić information content (AvgIpc) is 2.72. The molecule has 2 N–H and O–H groups in total. The maximum atomic E-state index is 12.7. The predicted octanol–water partition coefficient (Wildman–Crippen LogP) is 6.37. The van der Waals surface area contributed by atoms with E-state index in [1.165, 1.54) is 51.4 Å². The molecule has 6 heteroatoms. The molecule has 0 fully saturated rings.